The first kappa shape index (κ1) is 13.4. The molecule has 0 radical (unpaired) electrons. The van der Waals surface area contributed by atoms with Crippen molar-refractivity contribution < 1.29 is 0 Å². The van der Waals surface area contributed by atoms with Crippen LogP contribution < -0.4 is 5.32 Å². The highest BCUT2D eigenvalue weighted by molar-refractivity contribution is 4.85. The van der Waals surface area contributed by atoms with E-state index in [1.54, 1.807) is 0 Å². The minimum Gasteiger partial charge on any atom is -0.314 e. The molecule has 1 unspecified atom stereocenters. The lowest BCUT2D eigenvalue weighted by atomic mass is 9.81. The van der Waals surface area contributed by atoms with Crippen LogP contribution in [0.15, 0.2) is 0 Å². The zero-order valence-electron chi connectivity index (χ0n) is 11.9. The fourth-order valence-corrected chi connectivity index (χ4v) is 3.53. The second kappa shape index (κ2) is 6.78. The predicted octanol–water partition coefficient (Wildman–Crippen LogP) is 4.37. The molecule has 0 amide bonds. The van der Waals surface area contributed by atoms with Crippen molar-refractivity contribution in [3.05, 3.63) is 0 Å². The maximum Gasteiger partial charge on any atom is 0.00683 e. The van der Waals surface area contributed by atoms with Crippen LogP contribution in [-0.4, -0.2) is 12.6 Å². The average Bonchev–Trinajstić information content (AvgIpc) is 3.02. The van der Waals surface area contributed by atoms with E-state index in [0.717, 1.165) is 23.8 Å². The summed E-state index contributed by atoms with van der Waals surface area (Å²) in [6, 6.07) is 0.889. The summed E-state index contributed by atoms with van der Waals surface area (Å²) >= 11 is 0. The molecule has 100 valence electrons. The van der Waals surface area contributed by atoms with Gasteiger partial charge in [-0.25, -0.2) is 0 Å². The molecule has 2 saturated carbocycles. The topological polar surface area (TPSA) is 12.0 Å². The van der Waals surface area contributed by atoms with E-state index in [2.05, 4.69) is 19.2 Å². The smallest absolute Gasteiger partial charge is 0.00683 e. The van der Waals surface area contributed by atoms with E-state index in [1.807, 2.05) is 0 Å². The quantitative estimate of drug-likeness (QED) is 0.661. The van der Waals surface area contributed by atoms with E-state index in [-0.39, 0.29) is 0 Å². The van der Waals surface area contributed by atoms with Gasteiger partial charge in [0.05, 0.1) is 0 Å². The highest BCUT2D eigenvalue weighted by Gasteiger charge is 2.28. The first-order valence-electron chi connectivity index (χ1n) is 8.06. The molecule has 0 aromatic carbocycles. The molecule has 1 atom stereocenters. The Labute approximate surface area is 108 Å². The van der Waals surface area contributed by atoms with Gasteiger partial charge in [0.15, 0.2) is 0 Å². The minimum absolute atomic E-state index is 0.889. The highest BCUT2D eigenvalue weighted by Crippen LogP contribution is 2.36. The van der Waals surface area contributed by atoms with E-state index >= 15 is 0 Å². The average molecular weight is 237 g/mol. The van der Waals surface area contributed by atoms with E-state index in [0.29, 0.717) is 0 Å². The molecule has 0 saturated heterocycles. The van der Waals surface area contributed by atoms with Crippen LogP contribution in [0, 0.1) is 17.8 Å². The molecule has 0 bridgehead atoms. The highest BCUT2D eigenvalue weighted by atomic mass is 14.9. The van der Waals surface area contributed by atoms with Crippen molar-refractivity contribution in [2.75, 3.05) is 6.54 Å². The van der Waals surface area contributed by atoms with Gasteiger partial charge in [0.1, 0.15) is 0 Å². The van der Waals surface area contributed by atoms with Crippen molar-refractivity contribution in [3.63, 3.8) is 0 Å². The molecule has 0 spiro atoms. The van der Waals surface area contributed by atoms with Gasteiger partial charge in [0, 0.05) is 6.04 Å². The lowest BCUT2D eigenvalue weighted by Crippen LogP contribution is -2.30. The summed E-state index contributed by atoms with van der Waals surface area (Å²) in [4.78, 5) is 0. The molecule has 1 N–H and O–H groups in total. The van der Waals surface area contributed by atoms with E-state index in [9.17, 15) is 0 Å². The van der Waals surface area contributed by atoms with Crippen LogP contribution in [0.2, 0.25) is 0 Å². The Morgan fingerprint density at radius 3 is 2.18 bits per heavy atom. The molecule has 2 aliphatic rings. The van der Waals surface area contributed by atoms with Crippen LogP contribution in [0.5, 0.6) is 0 Å². The van der Waals surface area contributed by atoms with Gasteiger partial charge in [0.2, 0.25) is 0 Å². The molecule has 0 aliphatic heterocycles. The van der Waals surface area contributed by atoms with Crippen molar-refractivity contribution in [1.82, 2.24) is 5.32 Å². The molecule has 2 rings (SSSR count). The van der Waals surface area contributed by atoms with Crippen molar-refractivity contribution in [2.45, 2.75) is 77.7 Å². The molecule has 0 aromatic heterocycles. The first-order chi connectivity index (χ1) is 8.33. The van der Waals surface area contributed by atoms with Gasteiger partial charge in [0.25, 0.3) is 0 Å². The predicted molar refractivity (Wildman–Crippen MR) is 75.2 cm³/mol. The molecule has 2 aliphatic carbocycles. The van der Waals surface area contributed by atoms with Crippen LogP contribution in [0.3, 0.4) is 0 Å². The second-order valence-corrected chi connectivity index (χ2v) is 6.41. The number of hydrogen-bond donors (Lipinski definition) is 1. The molecule has 1 heteroatoms. The fraction of sp³-hybridized carbons (Fsp3) is 1.00. The Kier molecular flexibility index (Phi) is 5.34. The van der Waals surface area contributed by atoms with Crippen molar-refractivity contribution >= 4 is 0 Å². The van der Waals surface area contributed by atoms with Gasteiger partial charge in [-0.1, -0.05) is 52.4 Å². The Morgan fingerprint density at radius 1 is 1.00 bits per heavy atom. The van der Waals surface area contributed by atoms with Crippen LogP contribution >= 0.6 is 0 Å². The summed E-state index contributed by atoms with van der Waals surface area (Å²) in [6.07, 6.45) is 13.1. The molecular formula is C16H31N. The molecule has 2 fully saturated rings. The number of nitrogens with one attached hydrogen (secondary N) is 1. The van der Waals surface area contributed by atoms with Gasteiger partial charge < -0.3 is 5.32 Å². The lowest BCUT2D eigenvalue weighted by molar-refractivity contribution is 0.252. The maximum absolute atomic E-state index is 3.79. The normalized spacial score (nSPS) is 23.5. The Morgan fingerprint density at radius 2 is 1.65 bits per heavy atom. The Balaban J connectivity index is 1.80. The first-order valence-corrected chi connectivity index (χ1v) is 8.06. The zero-order chi connectivity index (χ0) is 12.1. The third-order valence-corrected chi connectivity index (χ3v) is 5.10. The van der Waals surface area contributed by atoms with Gasteiger partial charge in [-0.3, -0.25) is 0 Å². The molecule has 0 heterocycles. The van der Waals surface area contributed by atoms with Gasteiger partial charge >= 0.3 is 0 Å². The van der Waals surface area contributed by atoms with Gasteiger partial charge in [-0.05, 0) is 43.6 Å². The second-order valence-electron chi connectivity index (χ2n) is 6.41. The van der Waals surface area contributed by atoms with Crippen molar-refractivity contribution in [3.8, 4) is 0 Å². The molecule has 0 aromatic rings. The molecular weight excluding hydrogens is 206 g/mol. The number of rotatable bonds is 8. The largest absolute Gasteiger partial charge is 0.314 e. The Bertz CT molecular complexity index is 200. The fourth-order valence-electron chi connectivity index (χ4n) is 3.53. The SMILES string of the molecule is CCC(CC)CC(CNC1CC1)C1CCCC1. The standard InChI is InChI=1S/C16H31N/c1-3-13(4-2)11-15(12-17-16-9-10-16)14-7-5-6-8-14/h13-17H,3-12H2,1-2H3. The van der Waals surface area contributed by atoms with Crippen molar-refractivity contribution in [2.24, 2.45) is 17.8 Å². The van der Waals surface area contributed by atoms with Crippen LogP contribution in [-0.2, 0) is 0 Å². The zero-order valence-corrected chi connectivity index (χ0v) is 11.9. The maximum atomic E-state index is 3.79. The summed E-state index contributed by atoms with van der Waals surface area (Å²) in [7, 11) is 0. The van der Waals surface area contributed by atoms with E-state index in [1.165, 1.54) is 64.3 Å². The van der Waals surface area contributed by atoms with E-state index < -0.39 is 0 Å². The summed E-state index contributed by atoms with van der Waals surface area (Å²) < 4.78 is 0. The van der Waals surface area contributed by atoms with Gasteiger partial charge in [-0.2, -0.15) is 0 Å². The lowest BCUT2D eigenvalue weighted by Gasteiger charge is -2.27. The van der Waals surface area contributed by atoms with Crippen LogP contribution in [0.25, 0.3) is 0 Å². The van der Waals surface area contributed by atoms with Gasteiger partial charge in [-0.15, -0.1) is 0 Å². The summed E-state index contributed by atoms with van der Waals surface area (Å²) in [5.74, 6) is 2.99. The third kappa shape index (κ3) is 4.28. The summed E-state index contributed by atoms with van der Waals surface area (Å²) in [6.45, 7) is 6.05. The minimum atomic E-state index is 0.889. The number of hydrogen-bond acceptors (Lipinski definition) is 1. The van der Waals surface area contributed by atoms with E-state index in [4.69, 9.17) is 0 Å². The Hall–Kier alpha value is -0.0400. The van der Waals surface area contributed by atoms with Crippen molar-refractivity contribution in [1.29, 1.82) is 0 Å². The monoisotopic (exact) mass is 237 g/mol. The molecule has 17 heavy (non-hydrogen) atoms. The van der Waals surface area contributed by atoms with Crippen LogP contribution in [0.4, 0.5) is 0 Å². The summed E-state index contributed by atoms with van der Waals surface area (Å²) in [5, 5.41) is 3.79. The summed E-state index contributed by atoms with van der Waals surface area (Å²) in [5.41, 5.74) is 0. The van der Waals surface area contributed by atoms with Crippen LogP contribution in [0.1, 0.15) is 71.6 Å². The molecule has 1 nitrogen and oxygen atoms in total. The third-order valence-electron chi connectivity index (χ3n) is 5.10.